The van der Waals surface area contributed by atoms with Gasteiger partial charge in [0.1, 0.15) is 6.54 Å². The Morgan fingerprint density at radius 1 is 1.16 bits per heavy atom. The number of hydrogen-bond acceptors (Lipinski definition) is 4. The largest absolute Gasteiger partial charge is 0.370 e. The highest BCUT2D eigenvalue weighted by Crippen LogP contribution is 2.19. The molecule has 0 aliphatic rings. The fourth-order valence-electron chi connectivity index (χ4n) is 2.25. The Hall–Kier alpha value is -2.86. The maximum Gasteiger partial charge on any atom is 0.248 e. The van der Waals surface area contributed by atoms with Crippen molar-refractivity contribution in [2.45, 2.75) is 13.0 Å². The summed E-state index contributed by atoms with van der Waals surface area (Å²) in [7, 11) is 0. The van der Waals surface area contributed by atoms with Gasteiger partial charge in [-0.2, -0.15) is 4.98 Å². The monoisotopic (exact) mass is 355 g/mol. The molecule has 25 heavy (non-hydrogen) atoms. The Labute approximate surface area is 150 Å². The molecule has 1 heterocycles. The van der Waals surface area contributed by atoms with E-state index in [1.807, 2.05) is 30.3 Å². The molecule has 0 aliphatic heterocycles. The zero-order valence-corrected chi connectivity index (χ0v) is 14.3. The molecule has 3 N–H and O–H groups in total. The number of halogens is 1. The average molecular weight is 356 g/mol. The summed E-state index contributed by atoms with van der Waals surface area (Å²) in [5.41, 5.74) is 7.89. The Balaban J connectivity index is 1.51. The third-order valence-corrected chi connectivity index (χ3v) is 3.73. The van der Waals surface area contributed by atoms with Crippen molar-refractivity contribution in [3.8, 4) is 11.4 Å². The fraction of sp³-hybridized carbons (Fsp3) is 0.167. The third-order valence-electron chi connectivity index (χ3n) is 3.50. The first-order valence-electron chi connectivity index (χ1n) is 7.87. The van der Waals surface area contributed by atoms with Crippen LogP contribution in [0, 0.1) is 0 Å². The Morgan fingerprint density at radius 2 is 2.00 bits per heavy atom. The lowest BCUT2D eigenvalue weighted by molar-refractivity contribution is 0.381. The second kappa shape index (κ2) is 8.30. The van der Waals surface area contributed by atoms with E-state index in [-0.39, 0.29) is 6.54 Å². The molecule has 128 valence electrons. The van der Waals surface area contributed by atoms with Crippen LogP contribution in [0.4, 0.5) is 0 Å². The number of rotatable bonds is 6. The zero-order valence-electron chi connectivity index (χ0n) is 13.5. The van der Waals surface area contributed by atoms with Crippen LogP contribution in [0.15, 0.2) is 64.1 Å². The van der Waals surface area contributed by atoms with Gasteiger partial charge in [0.15, 0.2) is 5.96 Å². The van der Waals surface area contributed by atoms with Crippen LogP contribution >= 0.6 is 11.6 Å². The predicted octanol–water partition coefficient (Wildman–Crippen LogP) is 3.04. The van der Waals surface area contributed by atoms with Crippen molar-refractivity contribution in [3.63, 3.8) is 0 Å². The van der Waals surface area contributed by atoms with Gasteiger partial charge in [-0.05, 0) is 24.1 Å². The molecule has 3 rings (SSSR count). The lowest BCUT2D eigenvalue weighted by Gasteiger charge is -2.04. The number of aliphatic imine (C=N–C) groups is 1. The Bertz CT molecular complexity index is 847. The first-order valence-corrected chi connectivity index (χ1v) is 8.25. The van der Waals surface area contributed by atoms with Crippen LogP contribution in [-0.2, 0) is 13.0 Å². The molecule has 0 aliphatic carbocycles. The van der Waals surface area contributed by atoms with Crippen molar-refractivity contribution < 1.29 is 4.52 Å². The summed E-state index contributed by atoms with van der Waals surface area (Å²) in [5, 5.41) is 7.62. The molecule has 2 aromatic carbocycles. The first kappa shape index (κ1) is 17.0. The average Bonchev–Trinajstić information content (AvgIpc) is 3.10. The second-order valence-electron chi connectivity index (χ2n) is 5.39. The molecule has 0 spiro atoms. The molecule has 3 aromatic rings. The molecule has 0 atom stereocenters. The SMILES string of the molecule is NC(=NCc1nc(-c2cccc(Cl)c2)no1)NCCc1ccccc1. The highest BCUT2D eigenvalue weighted by Gasteiger charge is 2.08. The molecule has 0 radical (unpaired) electrons. The topological polar surface area (TPSA) is 89.3 Å². The summed E-state index contributed by atoms with van der Waals surface area (Å²) in [5.74, 6) is 1.21. The Morgan fingerprint density at radius 3 is 2.80 bits per heavy atom. The van der Waals surface area contributed by atoms with Gasteiger partial charge in [0, 0.05) is 17.1 Å². The number of guanidine groups is 1. The number of nitrogens with two attached hydrogens (primary N) is 1. The predicted molar refractivity (Wildman–Crippen MR) is 98.2 cm³/mol. The molecule has 6 nitrogen and oxygen atoms in total. The van der Waals surface area contributed by atoms with Crippen LogP contribution in [0.1, 0.15) is 11.5 Å². The van der Waals surface area contributed by atoms with Crippen LogP contribution in [-0.4, -0.2) is 22.6 Å². The van der Waals surface area contributed by atoms with Crippen LogP contribution in [0.2, 0.25) is 5.02 Å². The number of aromatic nitrogens is 2. The highest BCUT2D eigenvalue weighted by atomic mass is 35.5. The summed E-state index contributed by atoms with van der Waals surface area (Å²) in [6.45, 7) is 0.925. The first-order chi connectivity index (χ1) is 12.2. The number of nitrogens with one attached hydrogen (secondary N) is 1. The minimum atomic E-state index is 0.220. The van der Waals surface area contributed by atoms with E-state index in [2.05, 4.69) is 32.6 Å². The van der Waals surface area contributed by atoms with Crippen molar-refractivity contribution >= 4 is 17.6 Å². The van der Waals surface area contributed by atoms with Crippen molar-refractivity contribution in [2.24, 2.45) is 10.7 Å². The molecular weight excluding hydrogens is 338 g/mol. The van der Waals surface area contributed by atoms with Crippen LogP contribution in [0.25, 0.3) is 11.4 Å². The van der Waals surface area contributed by atoms with Gasteiger partial charge >= 0.3 is 0 Å². The van der Waals surface area contributed by atoms with Crippen LogP contribution in [0.3, 0.4) is 0 Å². The van der Waals surface area contributed by atoms with E-state index < -0.39 is 0 Å². The highest BCUT2D eigenvalue weighted by molar-refractivity contribution is 6.30. The quantitative estimate of drug-likeness (QED) is 0.524. The van der Waals surface area contributed by atoms with E-state index in [4.69, 9.17) is 21.9 Å². The van der Waals surface area contributed by atoms with Gasteiger partial charge in [-0.1, -0.05) is 59.2 Å². The summed E-state index contributed by atoms with van der Waals surface area (Å²) >= 11 is 5.96. The summed E-state index contributed by atoms with van der Waals surface area (Å²) in [6.07, 6.45) is 0.872. The van der Waals surface area contributed by atoms with Crippen molar-refractivity contribution in [1.82, 2.24) is 15.5 Å². The standard InChI is InChI=1S/C18H18ClN5O/c19-15-8-4-7-14(11-15)17-23-16(25-24-17)12-22-18(20)21-10-9-13-5-2-1-3-6-13/h1-8,11H,9-10,12H2,(H3,20,21,22). The fourth-order valence-corrected chi connectivity index (χ4v) is 2.44. The molecule has 0 saturated carbocycles. The molecule has 1 aromatic heterocycles. The second-order valence-corrected chi connectivity index (χ2v) is 5.82. The van der Waals surface area contributed by atoms with Crippen molar-refractivity contribution in [1.29, 1.82) is 0 Å². The van der Waals surface area contributed by atoms with E-state index in [0.717, 1.165) is 12.0 Å². The lowest BCUT2D eigenvalue weighted by Crippen LogP contribution is -2.33. The van der Waals surface area contributed by atoms with Gasteiger partial charge in [0.2, 0.25) is 11.7 Å². The van der Waals surface area contributed by atoms with E-state index >= 15 is 0 Å². The van der Waals surface area contributed by atoms with Gasteiger partial charge in [0.05, 0.1) is 0 Å². The zero-order chi connectivity index (χ0) is 17.5. The normalized spacial score (nSPS) is 11.5. The molecule has 0 saturated heterocycles. The van der Waals surface area contributed by atoms with Crippen molar-refractivity contribution in [3.05, 3.63) is 71.1 Å². The molecule has 0 unspecified atom stereocenters. The molecule has 0 bridgehead atoms. The van der Waals surface area contributed by atoms with Gasteiger partial charge in [-0.25, -0.2) is 4.99 Å². The maximum atomic E-state index is 5.96. The summed E-state index contributed by atoms with van der Waals surface area (Å²) < 4.78 is 5.19. The maximum absolute atomic E-state index is 5.96. The van der Waals surface area contributed by atoms with Crippen LogP contribution in [0.5, 0.6) is 0 Å². The van der Waals surface area contributed by atoms with Gasteiger partial charge in [0.25, 0.3) is 0 Å². The molecular formula is C18H18ClN5O. The lowest BCUT2D eigenvalue weighted by atomic mass is 10.1. The minimum Gasteiger partial charge on any atom is -0.370 e. The third kappa shape index (κ3) is 5.06. The van der Waals surface area contributed by atoms with Gasteiger partial charge < -0.3 is 15.6 Å². The molecule has 7 heteroatoms. The molecule has 0 amide bonds. The minimum absolute atomic E-state index is 0.220. The Kier molecular flexibility index (Phi) is 5.64. The number of nitrogens with zero attached hydrogens (tertiary/aromatic N) is 3. The molecule has 0 fully saturated rings. The van der Waals surface area contributed by atoms with E-state index in [9.17, 15) is 0 Å². The number of benzene rings is 2. The van der Waals surface area contributed by atoms with E-state index in [1.165, 1.54) is 5.56 Å². The van der Waals surface area contributed by atoms with Gasteiger partial charge in [-0.15, -0.1) is 0 Å². The summed E-state index contributed by atoms with van der Waals surface area (Å²) in [6, 6.07) is 17.4. The van der Waals surface area contributed by atoms with E-state index in [1.54, 1.807) is 12.1 Å². The van der Waals surface area contributed by atoms with Crippen molar-refractivity contribution in [2.75, 3.05) is 6.54 Å². The van der Waals surface area contributed by atoms with Gasteiger partial charge in [-0.3, -0.25) is 0 Å². The summed E-state index contributed by atoms with van der Waals surface area (Å²) in [4.78, 5) is 8.51. The smallest absolute Gasteiger partial charge is 0.248 e. The van der Waals surface area contributed by atoms with E-state index in [0.29, 0.717) is 29.2 Å². The van der Waals surface area contributed by atoms with Crippen LogP contribution < -0.4 is 11.1 Å². The number of hydrogen-bond donors (Lipinski definition) is 2.